The van der Waals surface area contributed by atoms with Crippen LogP contribution in [0.4, 0.5) is 0 Å². The van der Waals surface area contributed by atoms with E-state index in [0.29, 0.717) is 31.2 Å². The second kappa shape index (κ2) is 6.56. The van der Waals surface area contributed by atoms with Crippen LogP contribution >= 0.6 is 0 Å². The standard InChI is InChI=1S/C15H20N6O4S/c1-25-8-14(22)20-6-5-19(11-9-26(23,24)10-12(11)20)7-13-17-15-16-3-2-4-21(15)18-13/h2-4,11-12H,5-10H2,1H3/t11-,12+/m1/s1. The third kappa shape index (κ3) is 3.17. The Morgan fingerprint density at radius 3 is 2.88 bits per heavy atom. The molecular weight excluding hydrogens is 360 g/mol. The smallest absolute Gasteiger partial charge is 0.252 e. The maximum absolute atomic E-state index is 12.3. The number of methoxy groups -OCH3 is 1. The second-order valence-electron chi connectivity index (χ2n) is 6.59. The van der Waals surface area contributed by atoms with Gasteiger partial charge in [0.25, 0.3) is 5.78 Å². The van der Waals surface area contributed by atoms with Crippen LogP contribution < -0.4 is 0 Å². The minimum absolute atomic E-state index is 0.0101. The van der Waals surface area contributed by atoms with Gasteiger partial charge in [0.15, 0.2) is 15.7 Å². The molecule has 140 valence electrons. The third-order valence-electron chi connectivity index (χ3n) is 4.88. The van der Waals surface area contributed by atoms with Gasteiger partial charge >= 0.3 is 0 Å². The van der Waals surface area contributed by atoms with Crippen LogP contribution in [-0.2, 0) is 25.9 Å². The predicted octanol–water partition coefficient (Wildman–Crippen LogP) is -1.42. The molecule has 4 heterocycles. The molecule has 0 N–H and O–H groups in total. The van der Waals surface area contributed by atoms with Gasteiger partial charge in [0.1, 0.15) is 6.61 Å². The van der Waals surface area contributed by atoms with Crippen LogP contribution in [0.15, 0.2) is 18.5 Å². The number of piperazine rings is 1. The number of carbonyl (C=O) groups excluding carboxylic acids is 1. The van der Waals surface area contributed by atoms with Crippen LogP contribution in [-0.4, -0.2) is 94.1 Å². The maximum atomic E-state index is 12.3. The number of hydrogen-bond donors (Lipinski definition) is 0. The summed E-state index contributed by atoms with van der Waals surface area (Å²) < 4.78 is 31.0. The Labute approximate surface area is 150 Å². The molecule has 2 aromatic rings. The topological polar surface area (TPSA) is 110 Å². The van der Waals surface area contributed by atoms with Crippen molar-refractivity contribution in [3.8, 4) is 0 Å². The van der Waals surface area contributed by atoms with E-state index < -0.39 is 9.84 Å². The summed E-state index contributed by atoms with van der Waals surface area (Å²) in [5.41, 5.74) is 0. The van der Waals surface area contributed by atoms with Crippen molar-refractivity contribution in [1.82, 2.24) is 29.4 Å². The fourth-order valence-corrected chi connectivity index (χ4v) is 5.77. The van der Waals surface area contributed by atoms with Crippen molar-refractivity contribution in [3.63, 3.8) is 0 Å². The van der Waals surface area contributed by atoms with Crippen molar-refractivity contribution < 1.29 is 17.9 Å². The molecule has 2 fully saturated rings. The number of ether oxygens (including phenoxy) is 1. The summed E-state index contributed by atoms with van der Waals surface area (Å²) in [6.07, 6.45) is 3.41. The summed E-state index contributed by atoms with van der Waals surface area (Å²) in [6, 6.07) is 1.16. The lowest BCUT2D eigenvalue weighted by molar-refractivity contribution is -0.141. The molecule has 2 aliphatic rings. The molecule has 2 aliphatic heterocycles. The van der Waals surface area contributed by atoms with Crippen LogP contribution in [0.3, 0.4) is 0 Å². The Hall–Kier alpha value is -2.11. The average Bonchev–Trinajstić information content (AvgIpc) is 3.14. The first kappa shape index (κ1) is 17.3. The average molecular weight is 380 g/mol. The molecule has 2 saturated heterocycles. The highest BCUT2D eigenvalue weighted by molar-refractivity contribution is 7.91. The van der Waals surface area contributed by atoms with Crippen LogP contribution in [0.5, 0.6) is 0 Å². The highest BCUT2D eigenvalue weighted by atomic mass is 32.2. The van der Waals surface area contributed by atoms with Crippen molar-refractivity contribution >= 4 is 21.5 Å². The van der Waals surface area contributed by atoms with Crippen LogP contribution in [0, 0.1) is 0 Å². The molecule has 0 unspecified atom stereocenters. The SMILES string of the molecule is COCC(=O)N1CCN(Cc2nc3ncccn3n2)[C@@H]2CS(=O)(=O)C[C@@H]21. The fourth-order valence-electron chi connectivity index (χ4n) is 3.76. The Kier molecular flexibility index (Phi) is 4.37. The molecule has 2 atom stereocenters. The maximum Gasteiger partial charge on any atom is 0.252 e. The molecule has 2 aromatic heterocycles. The van der Waals surface area contributed by atoms with E-state index in [0.717, 1.165) is 0 Å². The second-order valence-corrected chi connectivity index (χ2v) is 8.75. The number of fused-ring (bicyclic) bond motifs is 2. The van der Waals surface area contributed by atoms with E-state index >= 15 is 0 Å². The lowest BCUT2D eigenvalue weighted by atomic mass is 10.0. The van der Waals surface area contributed by atoms with E-state index in [2.05, 4.69) is 20.0 Å². The van der Waals surface area contributed by atoms with Crippen molar-refractivity contribution in [2.45, 2.75) is 18.6 Å². The van der Waals surface area contributed by atoms with E-state index in [-0.39, 0.29) is 36.1 Å². The zero-order chi connectivity index (χ0) is 18.3. The first-order valence-corrected chi connectivity index (χ1v) is 10.2. The third-order valence-corrected chi connectivity index (χ3v) is 6.58. The molecule has 0 aromatic carbocycles. The fraction of sp³-hybridized carbons (Fsp3) is 0.600. The zero-order valence-corrected chi connectivity index (χ0v) is 15.2. The molecule has 4 rings (SSSR count). The van der Waals surface area contributed by atoms with Crippen molar-refractivity contribution in [1.29, 1.82) is 0 Å². The predicted molar refractivity (Wildman–Crippen MR) is 91.0 cm³/mol. The number of hydrogen-bond acceptors (Lipinski definition) is 8. The Balaban J connectivity index is 1.57. The minimum atomic E-state index is -3.19. The summed E-state index contributed by atoms with van der Waals surface area (Å²) in [6.45, 7) is 1.41. The summed E-state index contributed by atoms with van der Waals surface area (Å²) in [4.78, 5) is 24.5. The molecule has 10 nitrogen and oxygen atoms in total. The Bertz CT molecular complexity index is 896. The molecule has 11 heteroatoms. The number of sulfone groups is 1. The van der Waals surface area contributed by atoms with Gasteiger partial charge in [-0.15, -0.1) is 5.10 Å². The number of amides is 1. The van der Waals surface area contributed by atoms with E-state index in [4.69, 9.17) is 4.74 Å². The highest BCUT2D eigenvalue weighted by Gasteiger charge is 2.48. The molecule has 1 amide bonds. The van der Waals surface area contributed by atoms with Crippen molar-refractivity contribution in [2.75, 3.05) is 38.3 Å². The first-order chi connectivity index (χ1) is 12.5. The summed E-state index contributed by atoms with van der Waals surface area (Å²) in [7, 11) is -1.74. The van der Waals surface area contributed by atoms with Gasteiger partial charge in [-0.25, -0.2) is 17.9 Å². The molecule has 0 bridgehead atoms. The molecular formula is C15H20N6O4S. The van der Waals surface area contributed by atoms with E-state index in [1.165, 1.54) is 7.11 Å². The number of aromatic nitrogens is 4. The summed E-state index contributed by atoms with van der Waals surface area (Å²) in [5, 5.41) is 4.39. The van der Waals surface area contributed by atoms with Gasteiger partial charge in [0.2, 0.25) is 5.91 Å². The van der Waals surface area contributed by atoms with Gasteiger partial charge in [-0.05, 0) is 6.07 Å². The molecule has 0 saturated carbocycles. The summed E-state index contributed by atoms with van der Waals surface area (Å²) in [5.74, 6) is 0.953. The Morgan fingerprint density at radius 2 is 2.12 bits per heavy atom. The van der Waals surface area contributed by atoms with E-state index in [9.17, 15) is 13.2 Å². The molecule has 0 spiro atoms. The lowest BCUT2D eigenvalue weighted by Gasteiger charge is -2.43. The lowest BCUT2D eigenvalue weighted by Crippen LogP contribution is -2.60. The first-order valence-electron chi connectivity index (χ1n) is 8.36. The number of carbonyl (C=O) groups is 1. The number of rotatable bonds is 4. The van der Waals surface area contributed by atoms with Crippen molar-refractivity contribution in [3.05, 3.63) is 24.3 Å². The normalized spacial score (nSPS) is 25.5. The van der Waals surface area contributed by atoms with E-state index in [1.54, 1.807) is 27.9 Å². The largest absolute Gasteiger partial charge is 0.375 e. The minimum Gasteiger partial charge on any atom is -0.375 e. The van der Waals surface area contributed by atoms with Gasteiger partial charge in [-0.2, -0.15) is 4.98 Å². The zero-order valence-electron chi connectivity index (χ0n) is 14.4. The highest BCUT2D eigenvalue weighted by Crippen LogP contribution is 2.28. The van der Waals surface area contributed by atoms with E-state index in [1.807, 2.05) is 0 Å². The number of nitrogens with zero attached hydrogens (tertiary/aromatic N) is 6. The monoisotopic (exact) mass is 380 g/mol. The van der Waals surface area contributed by atoms with Gasteiger partial charge in [-0.3, -0.25) is 9.69 Å². The van der Waals surface area contributed by atoms with Crippen molar-refractivity contribution in [2.24, 2.45) is 0 Å². The molecule has 26 heavy (non-hydrogen) atoms. The van der Waals surface area contributed by atoms with Gasteiger partial charge in [0.05, 0.1) is 24.1 Å². The van der Waals surface area contributed by atoms with Crippen LogP contribution in [0.25, 0.3) is 5.78 Å². The van der Waals surface area contributed by atoms with Gasteiger partial charge < -0.3 is 9.64 Å². The molecule has 0 radical (unpaired) electrons. The van der Waals surface area contributed by atoms with Crippen LogP contribution in [0.1, 0.15) is 5.82 Å². The quantitative estimate of drug-likeness (QED) is 0.636. The van der Waals surface area contributed by atoms with Crippen LogP contribution in [0.2, 0.25) is 0 Å². The summed E-state index contributed by atoms with van der Waals surface area (Å²) >= 11 is 0. The van der Waals surface area contributed by atoms with Gasteiger partial charge in [-0.1, -0.05) is 0 Å². The Morgan fingerprint density at radius 1 is 1.31 bits per heavy atom. The van der Waals surface area contributed by atoms with Gasteiger partial charge in [0, 0.05) is 38.6 Å². The molecule has 0 aliphatic carbocycles.